The van der Waals surface area contributed by atoms with Gasteiger partial charge in [0, 0.05) is 45.2 Å². The molecule has 0 aromatic heterocycles. The van der Waals surface area contributed by atoms with Gasteiger partial charge in [-0.1, -0.05) is 12.8 Å². The van der Waals surface area contributed by atoms with Crippen LogP contribution < -0.4 is 37.6 Å². The Labute approximate surface area is 211 Å². The summed E-state index contributed by atoms with van der Waals surface area (Å²) in [6, 6.07) is -1.18. The molecule has 8 unspecified atom stereocenters. The average Bonchev–Trinajstić information content (AvgIpc) is 3.60. The van der Waals surface area contributed by atoms with Crippen LogP contribution in [0.25, 0.3) is 0 Å². The van der Waals surface area contributed by atoms with E-state index in [1.807, 2.05) is 0 Å². The van der Waals surface area contributed by atoms with Crippen LogP contribution in [0.5, 0.6) is 0 Å². The van der Waals surface area contributed by atoms with Crippen LogP contribution in [-0.4, -0.2) is 79.9 Å². The lowest BCUT2D eigenvalue weighted by molar-refractivity contribution is -0.129. The van der Waals surface area contributed by atoms with Crippen LogP contribution in [0.4, 0.5) is 0 Å². The molecule has 4 rings (SSSR count). The zero-order valence-electron chi connectivity index (χ0n) is 20.8. The highest BCUT2D eigenvalue weighted by molar-refractivity contribution is 5.86. The molecule has 2 aliphatic carbocycles. The first-order valence-electron chi connectivity index (χ1n) is 13.1. The number of nitrogens with one attached hydrogen (secondary N) is 6. The molecule has 2 saturated heterocycles. The first-order chi connectivity index (χ1) is 17.2. The Morgan fingerprint density at radius 2 is 1.03 bits per heavy atom. The maximum atomic E-state index is 13.2. The van der Waals surface area contributed by atoms with Gasteiger partial charge in [0.2, 0.25) is 29.5 Å². The Hall–Kier alpha value is -2.73. The number of carbonyl (C=O) groups excluding carboxylic acids is 5. The molecule has 12 nitrogen and oxygen atoms in total. The van der Waals surface area contributed by atoms with E-state index >= 15 is 0 Å². The molecule has 36 heavy (non-hydrogen) atoms. The lowest BCUT2D eigenvalue weighted by atomic mass is 9.96. The summed E-state index contributed by atoms with van der Waals surface area (Å²) in [6.07, 6.45) is 4.44. The SMILES string of the molecule is CC(=O)NC1CNCC1C(=O)NC1CCCC1C(=O)NC1CNCC1C(=O)NC1CCCC1C(N)=O. The molecule has 0 aromatic carbocycles. The summed E-state index contributed by atoms with van der Waals surface area (Å²) in [5.41, 5.74) is 5.48. The van der Waals surface area contributed by atoms with Crippen LogP contribution in [0, 0.1) is 23.7 Å². The van der Waals surface area contributed by atoms with Crippen molar-refractivity contribution in [2.75, 3.05) is 26.2 Å². The van der Waals surface area contributed by atoms with E-state index in [2.05, 4.69) is 31.9 Å². The number of nitrogens with two attached hydrogens (primary N) is 1. The molecule has 12 heteroatoms. The number of amides is 5. The summed E-state index contributed by atoms with van der Waals surface area (Å²) in [5, 5.41) is 18.2. The standard InChI is InChI=1S/C24H39N7O5/c1-12(32)28-19-10-26-8-15(19)23(35)30-18-7-3-5-14(18)22(34)31-20-11-27-9-16(20)24(36)29-17-6-2-4-13(17)21(25)33/h13-20,26-27H,2-11H2,1H3,(H2,25,33)(H,28,32)(H,29,36)(H,30,35)(H,31,34). The largest absolute Gasteiger partial charge is 0.369 e. The van der Waals surface area contributed by atoms with Crippen LogP contribution in [0.15, 0.2) is 0 Å². The summed E-state index contributed by atoms with van der Waals surface area (Å²) in [7, 11) is 0. The van der Waals surface area contributed by atoms with Crippen LogP contribution >= 0.6 is 0 Å². The predicted octanol–water partition coefficient (Wildman–Crippen LogP) is -2.53. The van der Waals surface area contributed by atoms with Gasteiger partial charge in [-0.25, -0.2) is 0 Å². The molecule has 8 N–H and O–H groups in total. The van der Waals surface area contributed by atoms with Gasteiger partial charge in [0.05, 0.1) is 35.8 Å². The molecule has 2 aliphatic heterocycles. The monoisotopic (exact) mass is 505 g/mol. The third-order valence-electron chi connectivity index (χ3n) is 8.21. The van der Waals surface area contributed by atoms with E-state index in [1.165, 1.54) is 6.92 Å². The molecule has 0 aromatic rings. The number of hydrogen-bond donors (Lipinski definition) is 7. The van der Waals surface area contributed by atoms with Gasteiger partial charge in [-0.15, -0.1) is 0 Å². The van der Waals surface area contributed by atoms with Gasteiger partial charge in [0.25, 0.3) is 0 Å². The van der Waals surface area contributed by atoms with Crippen molar-refractivity contribution in [1.29, 1.82) is 0 Å². The highest BCUT2D eigenvalue weighted by Crippen LogP contribution is 2.28. The Morgan fingerprint density at radius 3 is 1.56 bits per heavy atom. The van der Waals surface area contributed by atoms with Gasteiger partial charge in [-0.2, -0.15) is 0 Å². The Morgan fingerprint density at radius 1 is 0.583 bits per heavy atom. The van der Waals surface area contributed by atoms with Crippen molar-refractivity contribution in [2.24, 2.45) is 29.4 Å². The molecule has 8 atom stereocenters. The Balaban J connectivity index is 1.31. The predicted molar refractivity (Wildman–Crippen MR) is 130 cm³/mol. The smallest absolute Gasteiger partial charge is 0.226 e. The maximum Gasteiger partial charge on any atom is 0.226 e. The number of rotatable bonds is 8. The van der Waals surface area contributed by atoms with Crippen LogP contribution in [-0.2, 0) is 24.0 Å². The normalized spacial score (nSPS) is 35.8. The first-order valence-corrected chi connectivity index (χ1v) is 13.1. The van der Waals surface area contributed by atoms with Gasteiger partial charge >= 0.3 is 0 Å². The molecule has 5 amide bonds. The molecule has 0 bridgehead atoms. The zero-order chi connectivity index (χ0) is 25.8. The zero-order valence-corrected chi connectivity index (χ0v) is 20.8. The van der Waals surface area contributed by atoms with Gasteiger partial charge in [0.1, 0.15) is 0 Å². The van der Waals surface area contributed by atoms with Crippen molar-refractivity contribution in [3.63, 3.8) is 0 Å². The van der Waals surface area contributed by atoms with Crippen molar-refractivity contribution in [1.82, 2.24) is 31.9 Å². The number of hydrogen-bond acceptors (Lipinski definition) is 7. The highest BCUT2D eigenvalue weighted by atomic mass is 16.2. The topological polar surface area (TPSA) is 184 Å². The number of carbonyl (C=O) groups is 5. The fraction of sp³-hybridized carbons (Fsp3) is 0.792. The quantitative estimate of drug-likeness (QED) is 0.190. The second kappa shape index (κ2) is 11.5. The molecule has 2 heterocycles. The average molecular weight is 506 g/mol. The third kappa shape index (κ3) is 5.97. The van der Waals surface area contributed by atoms with E-state index < -0.39 is 11.8 Å². The molecular formula is C24H39N7O5. The van der Waals surface area contributed by atoms with Crippen molar-refractivity contribution in [3.8, 4) is 0 Å². The van der Waals surface area contributed by atoms with E-state index in [-0.39, 0.29) is 65.5 Å². The second-order valence-electron chi connectivity index (χ2n) is 10.7. The van der Waals surface area contributed by atoms with E-state index in [4.69, 9.17) is 5.73 Å². The molecule has 2 saturated carbocycles. The summed E-state index contributed by atoms with van der Waals surface area (Å²) in [5.74, 6) is -2.63. The minimum absolute atomic E-state index is 0.163. The van der Waals surface area contributed by atoms with Gasteiger partial charge in [0.15, 0.2) is 0 Å². The van der Waals surface area contributed by atoms with E-state index in [0.29, 0.717) is 45.4 Å². The summed E-state index contributed by atoms with van der Waals surface area (Å²) < 4.78 is 0. The lowest BCUT2D eigenvalue weighted by Crippen LogP contribution is -2.53. The summed E-state index contributed by atoms with van der Waals surface area (Å²) in [6.45, 7) is 3.35. The van der Waals surface area contributed by atoms with Crippen molar-refractivity contribution in [3.05, 3.63) is 0 Å². The van der Waals surface area contributed by atoms with Crippen LogP contribution in [0.3, 0.4) is 0 Å². The highest BCUT2D eigenvalue weighted by Gasteiger charge is 2.42. The Kier molecular flexibility index (Phi) is 8.45. The maximum absolute atomic E-state index is 13.2. The van der Waals surface area contributed by atoms with Crippen molar-refractivity contribution >= 4 is 29.5 Å². The third-order valence-corrected chi connectivity index (χ3v) is 8.21. The lowest BCUT2D eigenvalue weighted by Gasteiger charge is -2.27. The van der Waals surface area contributed by atoms with Gasteiger partial charge in [-0.05, 0) is 25.7 Å². The van der Waals surface area contributed by atoms with Crippen molar-refractivity contribution < 1.29 is 24.0 Å². The van der Waals surface area contributed by atoms with Crippen LogP contribution in [0.1, 0.15) is 45.4 Å². The van der Waals surface area contributed by atoms with E-state index in [1.54, 1.807) is 0 Å². The van der Waals surface area contributed by atoms with E-state index in [0.717, 1.165) is 19.3 Å². The molecule has 4 fully saturated rings. The van der Waals surface area contributed by atoms with E-state index in [9.17, 15) is 24.0 Å². The van der Waals surface area contributed by atoms with Gasteiger partial charge in [-0.3, -0.25) is 24.0 Å². The van der Waals surface area contributed by atoms with Crippen LogP contribution in [0.2, 0.25) is 0 Å². The number of primary amides is 1. The molecule has 0 radical (unpaired) electrons. The summed E-state index contributed by atoms with van der Waals surface area (Å²) >= 11 is 0. The molecular weight excluding hydrogens is 466 g/mol. The molecule has 0 spiro atoms. The second-order valence-corrected chi connectivity index (χ2v) is 10.7. The van der Waals surface area contributed by atoms with Gasteiger partial charge < -0.3 is 37.6 Å². The minimum atomic E-state index is -0.444. The fourth-order valence-electron chi connectivity index (χ4n) is 6.26. The summed E-state index contributed by atoms with van der Waals surface area (Å²) in [4.78, 5) is 62.3. The Bertz CT molecular complexity index is 883. The first kappa shape index (κ1) is 26.3. The molecule has 4 aliphatic rings. The molecule has 200 valence electrons. The fourth-order valence-corrected chi connectivity index (χ4v) is 6.26. The van der Waals surface area contributed by atoms with Crippen molar-refractivity contribution in [2.45, 2.75) is 69.6 Å². The minimum Gasteiger partial charge on any atom is -0.369 e.